The van der Waals surface area contributed by atoms with Crippen molar-refractivity contribution < 1.29 is 23.9 Å². The number of esters is 1. The Balaban J connectivity index is 1.88. The fourth-order valence-electron chi connectivity index (χ4n) is 5.29. The van der Waals surface area contributed by atoms with Gasteiger partial charge in [-0.15, -0.1) is 0 Å². The number of methoxy groups -OCH3 is 1. The lowest BCUT2D eigenvalue weighted by atomic mass is 9.77. The molecule has 0 spiro atoms. The smallest absolute Gasteiger partial charge is 0.326 e. The molecule has 0 aromatic heterocycles. The van der Waals surface area contributed by atoms with Gasteiger partial charge >= 0.3 is 5.97 Å². The molecule has 0 unspecified atom stereocenters. The van der Waals surface area contributed by atoms with Crippen molar-refractivity contribution in [3.63, 3.8) is 0 Å². The predicted octanol–water partition coefficient (Wildman–Crippen LogP) is 3.31. The van der Waals surface area contributed by atoms with E-state index in [-0.39, 0.29) is 11.7 Å². The van der Waals surface area contributed by atoms with Crippen LogP contribution in [0.15, 0.2) is 48.5 Å². The van der Waals surface area contributed by atoms with E-state index in [1.165, 1.54) is 14.0 Å². The summed E-state index contributed by atoms with van der Waals surface area (Å²) < 4.78 is 5.19. The Morgan fingerprint density at radius 2 is 1.85 bits per heavy atom. The molecule has 2 aromatic carbocycles. The third-order valence-electron chi connectivity index (χ3n) is 6.94. The monoisotopic (exact) mass is 480 g/mol. The van der Waals surface area contributed by atoms with Gasteiger partial charge in [0.15, 0.2) is 5.78 Å². The van der Waals surface area contributed by atoms with E-state index in [1.807, 2.05) is 37.4 Å². The number of ether oxygens (including phenoxy) is 1. The minimum absolute atomic E-state index is 0.163. The summed E-state index contributed by atoms with van der Waals surface area (Å²) in [5.74, 6) is -2.65. The molecule has 8 heteroatoms. The maximum absolute atomic E-state index is 13.9. The van der Waals surface area contributed by atoms with Gasteiger partial charge in [0.2, 0.25) is 11.8 Å². The molecule has 4 rings (SSSR count). The Bertz CT molecular complexity index is 1170. The van der Waals surface area contributed by atoms with Crippen molar-refractivity contribution in [3.8, 4) is 0 Å². The van der Waals surface area contributed by atoms with Gasteiger partial charge in [-0.05, 0) is 55.5 Å². The van der Waals surface area contributed by atoms with Crippen LogP contribution in [0.25, 0.3) is 0 Å². The van der Waals surface area contributed by atoms with Crippen molar-refractivity contribution in [1.29, 1.82) is 0 Å². The summed E-state index contributed by atoms with van der Waals surface area (Å²) in [4.78, 5) is 54.1. The van der Waals surface area contributed by atoms with E-state index in [9.17, 15) is 19.2 Å². The largest absolute Gasteiger partial charge is 0.468 e. The summed E-state index contributed by atoms with van der Waals surface area (Å²) >= 11 is 1.56. The van der Waals surface area contributed by atoms with Gasteiger partial charge in [0.1, 0.15) is 5.54 Å². The molecule has 2 aromatic rings. The fourth-order valence-corrected chi connectivity index (χ4v) is 5.81. The molecule has 2 fully saturated rings. The van der Waals surface area contributed by atoms with Crippen LogP contribution in [0.4, 0.5) is 5.69 Å². The topological polar surface area (TPSA) is 92.8 Å². The van der Waals surface area contributed by atoms with Gasteiger partial charge in [-0.3, -0.25) is 24.5 Å². The first-order valence-corrected chi connectivity index (χ1v) is 12.6. The lowest BCUT2D eigenvalue weighted by molar-refractivity contribution is -0.152. The maximum Gasteiger partial charge on any atom is 0.326 e. The van der Waals surface area contributed by atoms with Gasteiger partial charge in [-0.25, -0.2) is 4.90 Å². The Morgan fingerprint density at radius 1 is 1.12 bits per heavy atom. The Hall–Kier alpha value is -2.97. The Kier molecular flexibility index (Phi) is 6.64. The number of carbonyl (C=O) groups excluding carboxylic acids is 4. The summed E-state index contributed by atoms with van der Waals surface area (Å²) in [7, 11) is 1.30. The number of ketones is 1. The van der Waals surface area contributed by atoms with Crippen molar-refractivity contribution in [2.75, 3.05) is 24.0 Å². The molecule has 2 amide bonds. The normalized spacial score (nSPS) is 26.0. The third kappa shape index (κ3) is 3.75. The van der Waals surface area contributed by atoms with Crippen LogP contribution in [0.5, 0.6) is 0 Å². The minimum atomic E-state index is -1.34. The number of amides is 2. The van der Waals surface area contributed by atoms with Crippen molar-refractivity contribution in [1.82, 2.24) is 5.32 Å². The number of fused-ring (bicyclic) bond motifs is 1. The summed E-state index contributed by atoms with van der Waals surface area (Å²) in [6, 6.07) is 13.6. The number of Topliss-reactive ketones (excluding diaryl/α,β-unsaturated/α-hetero) is 1. The first-order chi connectivity index (χ1) is 16.3. The minimum Gasteiger partial charge on any atom is -0.468 e. The van der Waals surface area contributed by atoms with Gasteiger partial charge in [0.25, 0.3) is 0 Å². The van der Waals surface area contributed by atoms with E-state index in [0.29, 0.717) is 23.4 Å². The van der Waals surface area contributed by atoms with Crippen molar-refractivity contribution in [3.05, 3.63) is 65.2 Å². The van der Waals surface area contributed by atoms with E-state index in [0.717, 1.165) is 16.0 Å². The zero-order valence-corrected chi connectivity index (χ0v) is 20.5. The second kappa shape index (κ2) is 9.35. The van der Waals surface area contributed by atoms with Crippen LogP contribution in [0, 0.1) is 18.8 Å². The van der Waals surface area contributed by atoms with E-state index in [4.69, 9.17) is 4.74 Å². The van der Waals surface area contributed by atoms with E-state index < -0.39 is 35.3 Å². The average molecular weight is 481 g/mol. The number of anilines is 1. The molecule has 34 heavy (non-hydrogen) atoms. The summed E-state index contributed by atoms with van der Waals surface area (Å²) in [6.07, 6.45) is 2.27. The second-order valence-corrected chi connectivity index (χ2v) is 9.79. The van der Waals surface area contributed by atoms with E-state index >= 15 is 0 Å². The highest BCUT2D eigenvalue weighted by molar-refractivity contribution is 7.98. The molecule has 0 aliphatic carbocycles. The molecule has 0 saturated carbocycles. The molecular formula is C26H28N2O5S. The quantitative estimate of drug-likeness (QED) is 0.369. The number of nitrogens with zero attached hydrogens (tertiary/aromatic N) is 1. The first-order valence-electron chi connectivity index (χ1n) is 11.2. The molecule has 4 atom stereocenters. The van der Waals surface area contributed by atoms with Crippen LogP contribution in [0.1, 0.15) is 40.9 Å². The molecule has 0 radical (unpaired) electrons. The molecular weight excluding hydrogens is 452 g/mol. The van der Waals surface area contributed by atoms with Gasteiger partial charge in [-0.2, -0.15) is 11.8 Å². The van der Waals surface area contributed by atoms with Crippen LogP contribution >= 0.6 is 11.8 Å². The van der Waals surface area contributed by atoms with Crippen LogP contribution in [0.3, 0.4) is 0 Å². The maximum atomic E-state index is 13.9. The molecule has 2 aliphatic heterocycles. The second-order valence-electron chi connectivity index (χ2n) is 8.81. The highest BCUT2D eigenvalue weighted by Gasteiger charge is 2.68. The van der Waals surface area contributed by atoms with Crippen LogP contribution in [-0.4, -0.2) is 48.2 Å². The van der Waals surface area contributed by atoms with E-state index in [2.05, 4.69) is 5.32 Å². The number of imide groups is 1. The van der Waals surface area contributed by atoms with Gasteiger partial charge < -0.3 is 4.74 Å². The van der Waals surface area contributed by atoms with Crippen LogP contribution < -0.4 is 10.2 Å². The predicted molar refractivity (Wildman–Crippen MR) is 131 cm³/mol. The third-order valence-corrected chi connectivity index (χ3v) is 7.55. The molecule has 7 nitrogen and oxygen atoms in total. The highest BCUT2D eigenvalue weighted by atomic mass is 32.2. The standard InChI is InChI=1S/C26H28N2O5S/c1-15-8-5-6-11-19(15)22-20-21(26(27-22,12-13-34-4)25(32)33-3)24(31)28(23(20)30)18-10-7-9-17(14-18)16(2)29/h5-11,14,20-22,27H,12-13H2,1-4H3/t20-,21+,22+,26+/m0/s1. The van der Waals surface area contributed by atoms with Crippen molar-refractivity contribution in [2.45, 2.75) is 31.8 Å². The number of aryl methyl sites for hydroxylation is 1. The SMILES string of the molecule is COC(=O)[C@]1(CCSC)N[C@H](c2ccccc2C)[C@H]2C(=O)N(c3cccc(C(C)=O)c3)C(=O)[C@@H]21. The van der Waals surface area contributed by atoms with Gasteiger partial charge in [0, 0.05) is 11.6 Å². The zero-order valence-electron chi connectivity index (χ0n) is 19.7. The lowest BCUT2D eigenvalue weighted by Crippen LogP contribution is -2.56. The lowest BCUT2D eigenvalue weighted by Gasteiger charge is -2.32. The van der Waals surface area contributed by atoms with Crippen molar-refractivity contribution in [2.24, 2.45) is 11.8 Å². The summed E-state index contributed by atoms with van der Waals surface area (Å²) in [5.41, 5.74) is 1.23. The molecule has 178 valence electrons. The van der Waals surface area contributed by atoms with E-state index in [1.54, 1.807) is 36.0 Å². The molecule has 2 heterocycles. The zero-order chi connectivity index (χ0) is 24.6. The summed E-state index contributed by atoms with van der Waals surface area (Å²) in [5, 5.41) is 3.40. The molecule has 1 N–H and O–H groups in total. The van der Waals surface area contributed by atoms with Crippen molar-refractivity contribution >= 4 is 41.0 Å². The first kappa shape index (κ1) is 24.2. The number of rotatable bonds is 7. The Labute approximate surface area is 203 Å². The molecule has 2 aliphatic rings. The van der Waals surface area contributed by atoms with Crippen LogP contribution in [-0.2, 0) is 19.1 Å². The molecule has 2 saturated heterocycles. The highest BCUT2D eigenvalue weighted by Crippen LogP contribution is 2.52. The number of benzene rings is 2. The van der Waals surface area contributed by atoms with Gasteiger partial charge in [0.05, 0.1) is 24.6 Å². The Morgan fingerprint density at radius 3 is 2.50 bits per heavy atom. The number of nitrogens with one attached hydrogen (secondary N) is 1. The summed E-state index contributed by atoms with van der Waals surface area (Å²) in [6.45, 7) is 3.38. The van der Waals surface area contributed by atoms with Crippen LogP contribution in [0.2, 0.25) is 0 Å². The molecule has 0 bridgehead atoms. The fraction of sp³-hybridized carbons (Fsp3) is 0.385. The average Bonchev–Trinajstić information content (AvgIpc) is 3.31. The number of thioether (sulfide) groups is 1. The number of hydrogen-bond donors (Lipinski definition) is 1. The number of hydrogen-bond acceptors (Lipinski definition) is 7. The number of carbonyl (C=O) groups is 4. The van der Waals surface area contributed by atoms with Gasteiger partial charge in [-0.1, -0.05) is 36.4 Å².